The number of amides is 1. The number of hydrogen-bond donors (Lipinski definition) is 1. The Hall–Kier alpha value is -2.10. The first-order valence-electron chi connectivity index (χ1n) is 7.98. The van der Waals surface area contributed by atoms with Crippen LogP contribution in [0.2, 0.25) is 0 Å². The zero-order valence-electron chi connectivity index (χ0n) is 13.5. The van der Waals surface area contributed by atoms with Crippen molar-refractivity contribution in [3.63, 3.8) is 0 Å². The average Bonchev–Trinajstić information content (AvgIpc) is 2.79. The maximum absolute atomic E-state index is 12.1. The van der Waals surface area contributed by atoms with E-state index in [4.69, 9.17) is 0 Å². The summed E-state index contributed by atoms with van der Waals surface area (Å²) < 4.78 is 1.93. The van der Waals surface area contributed by atoms with Crippen LogP contribution in [-0.2, 0) is 4.79 Å². The SMILES string of the molecule is Cc1ccc(-n2ncc([C@H](C)NC(=O)C3CCC3)c2C)cc1. The van der Waals surface area contributed by atoms with Crippen LogP contribution in [0.25, 0.3) is 5.69 Å². The van der Waals surface area contributed by atoms with E-state index in [1.54, 1.807) is 0 Å². The standard InChI is InChI=1S/C18H23N3O/c1-12-7-9-16(10-8-12)21-14(3)17(11-19-21)13(2)20-18(22)15-5-4-6-15/h7-11,13,15H,4-6H2,1-3H3,(H,20,22)/t13-/m0/s1. The summed E-state index contributed by atoms with van der Waals surface area (Å²) in [5.74, 6) is 0.399. The lowest BCUT2D eigenvalue weighted by Gasteiger charge is -2.26. The molecule has 0 aliphatic heterocycles. The van der Waals surface area contributed by atoms with Crippen LogP contribution in [0.1, 0.15) is 49.0 Å². The maximum Gasteiger partial charge on any atom is 0.223 e. The van der Waals surface area contributed by atoms with Crippen LogP contribution in [0.3, 0.4) is 0 Å². The van der Waals surface area contributed by atoms with Crippen molar-refractivity contribution in [2.45, 2.75) is 46.1 Å². The number of nitrogens with zero attached hydrogens (tertiary/aromatic N) is 2. The van der Waals surface area contributed by atoms with Crippen LogP contribution in [0.15, 0.2) is 30.5 Å². The third-order valence-electron chi connectivity index (χ3n) is 4.63. The first-order valence-corrected chi connectivity index (χ1v) is 7.98. The van der Waals surface area contributed by atoms with Crippen molar-refractivity contribution in [2.24, 2.45) is 5.92 Å². The van der Waals surface area contributed by atoms with E-state index in [0.29, 0.717) is 0 Å². The molecule has 1 saturated carbocycles. The molecule has 1 atom stereocenters. The molecular formula is C18H23N3O. The molecule has 1 aromatic heterocycles. The van der Waals surface area contributed by atoms with Gasteiger partial charge in [0, 0.05) is 17.2 Å². The molecule has 1 aromatic carbocycles. The predicted octanol–water partition coefficient (Wildman–Crippen LogP) is 3.47. The smallest absolute Gasteiger partial charge is 0.223 e. The van der Waals surface area contributed by atoms with Crippen LogP contribution in [-0.4, -0.2) is 15.7 Å². The third-order valence-corrected chi connectivity index (χ3v) is 4.63. The summed E-state index contributed by atoms with van der Waals surface area (Å²) in [5, 5.41) is 7.61. The summed E-state index contributed by atoms with van der Waals surface area (Å²) in [6.45, 7) is 6.15. The predicted molar refractivity (Wildman–Crippen MR) is 86.9 cm³/mol. The van der Waals surface area contributed by atoms with Gasteiger partial charge in [0.05, 0.1) is 17.9 Å². The molecule has 3 rings (SSSR count). The van der Waals surface area contributed by atoms with Gasteiger partial charge in [0.2, 0.25) is 5.91 Å². The van der Waals surface area contributed by atoms with Gasteiger partial charge in [0.15, 0.2) is 0 Å². The van der Waals surface area contributed by atoms with E-state index in [2.05, 4.69) is 41.6 Å². The Morgan fingerprint density at radius 1 is 1.27 bits per heavy atom. The highest BCUT2D eigenvalue weighted by Crippen LogP contribution is 2.28. The van der Waals surface area contributed by atoms with Gasteiger partial charge >= 0.3 is 0 Å². The number of carbonyl (C=O) groups excluding carboxylic acids is 1. The second kappa shape index (κ2) is 5.95. The summed E-state index contributed by atoms with van der Waals surface area (Å²) in [6, 6.07) is 8.29. The van der Waals surface area contributed by atoms with Gasteiger partial charge in [0.25, 0.3) is 0 Å². The van der Waals surface area contributed by atoms with Crippen molar-refractivity contribution in [1.82, 2.24) is 15.1 Å². The van der Waals surface area contributed by atoms with Crippen LogP contribution in [0.4, 0.5) is 0 Å². The Labute approximate surface area is 131 Å². The molecule has 1 heterocycles. The van der Waals surface area contributed by atoms with E-state index in [-0.39, 0.29) is 17.9 Å². The topological polar surface area (TPSA) is 46.9 Å². The van der Waals surface area contributed by atoms with Crippen molar-refractivity contribution in [3.8, 4) is 5.69 Å². The molecule has 4 heteroatoms. The normalized spacial score (nSPS) is 16.1. The number of benzene rings is 1. The van der Waals surface area contributed by atoms with E-state index >= 15 is 0 Å². The Balaban J connectivity index is 1.77. The van der Waals surface area contributed by atoms with E-state index in [0.717, 1.165) is 29.8 Å². The van der Waals surface area contributed by atoms with E-state index < -0.39 is 0 Å². The van der Waals surface area contributed by atoms with Crippen LogP contribution in [0.5, 0.6) is 0 Å². The molecule has 0 unspecified atom stereocenters. The van der Waals surface area contributed by atoms with Gasteiger partial charge < -0.3 is 5.32 Å². The highest BCUT2D eigenvalue weighted by atomic mass is 16.2. The summed E-state index contributed by atoms with van der Waals surface area (Å²) in [5.41, 5.74) is 4.43. The lowest BCUT2D eigenvalue weighted by atomic mass is 9.84. The molecule has 1 N–H and O–H groups in total. The lowest BCUT2D eigenvalue weighted by Crippen LogP contribution is -2.36. The molecule has 0 radical (unpaired) electrons. The maximum atomic E-state index is 12.1. The largest absolute Gasteiger partial charge is 0.349 e. The van der Waals surface area contributed by atoms with Crippen molar-refractivity contribution < 1.29 is 4.79 Å². The fraction of sp³-hybridized carbons (Fsp3) is 0.444. The Bertz CT molecular complexity index is 668. The zero-order chi connectivity index (χ0) is 15.7. The van der Waals surface area contributed by atoms with Crippen molar-refractivity contribution >= 4 is 5.91 Å². The minimum atomic E-state index is -0.00713. The molecule has 0 bridgehead atoms. The Morgan fingerprint density at radius 3 is 2.55 bits per heavy atom. The van der Waals surface area contributed by atoms with Gasteiger partial charge in [-0.3, -0.25) is 4.79 Å². The fourth-order valence-electron chi connectivity index (χ4n) is 2.87. The Morgan fingerprint density at radius 2 is 1.95 bits per heavy atom. The molecule has 1 aliphatic rings. The van der Waals surface area contributed by atoms with Crippen molar-refractivity contribution in [1.29, 1.82) is 0 Å². The Kier molecular flexibility index (Phi) is 4.01. The van der Waals surface area contributed by atoms with E-state index in [1.165, 1.54) is 12.0 Å². The first-order chi connectivity index (χ1) is 10.6. The highest BCUT2D eigenvalue weighted by molar-refractivity contribution is 5.79. The molecule has 116 valence electrons. The fourth-order valence-corrected chi connectivity index (χ4v) is 2.87. The van der Waals surface area contributed by atoms with Gasteiger partial charge in [0.1, 0.15) is 0 Å². The molecule has 1 aliphatic carbocycles. The zero-order valence-corrected chi connectivity index (χ0v) is 13.5. The van der Waals surface area contributed by atoms with E-state index in [9.17, 15) is 4.79 Å². The van der Waals surface area contributed by atoms with Crippen molar-refractivity contribution in [3.05, 3.63) is 47.3 Å². The minimum Gasteiger partial charge on any atom is -0.349 e. The summed E-state index contributed by atoms with van der Waals surface area (Å²) >= 11 is 0. The van der Waals surface area contributed by atoms with Gasteiger partial charge in [-0.1, -0.05) is 24.1 Å². The quantitative estimate of drug-likeness (QED) is 0.939. The minimum absolute atomic E-state index is 0.00713. The monoisotopic (exact) mass is 297 g/mol. The first kappa shape index (κ1) is 14.8. The highest BCUT2D eigenvalue weighted by Gasteiger charge is 2.27. The van der Waals surface area contributed by atoms with Crippen LogP contribution >= 0.6 is 0 Å². The van der Waals surface area contributed by atoms with Crippen molar-refractivity contribution in [2.75, 3.05) is 0 Å². The van der Waals surface area contributed by atoms with Gasteiger partial charge in [-0.2, -0.15) is 5.10 Å². The number of aromatic nitrogens is 2. The molecule has 22 heavy (non-hydrogen) atoms. The van der Waals surface area contributed by atoms with E-state index in [1.807, 2.05) is 24.7 Å². The van der Waals surface area contributed by atoms with Gasteiger partial charge in [-0.05, 0) is 45.7 Å². The molecule has 1 fully saturated rings. The summed E-state index contributed by atoms with van der Waals surface area (Å²) in [6.07, 6.45) is 5.10. The second-order valence-electron chi connectivity index (χ2n) is 6.29. The van der Waals surface area contributed by atoms with Crippen LogP contribution < -0.4 is 5.32 Å². The summed E-state index contributed by atoms with van der Waals surface area (Å²) in [7, 11) is 0. The molecular weight excluding hydrogens is 274 g/mol. The molecule has 4 nitrogen and oxygen atoms in total. The number of hydrogen-bond acceptors (Lipinski definition) is 2. The van der Waals surface area contributed by atoms with Crippen LogP contribution in [0, 0.1) is 19.8 Å². The lowest BCUT2D eigenvalue weighted by molar-refractivity contribution is -0.128. The molecule has 2 aromatic rings. The van der Waals surface area contributed by atoms with Gasteiger partial charge in [-0.15, -0.1) is 0 Å². The number of nitrogens with one attached hydrogen (secondary N) is 1. The third kappa shape index (κ3) is 2.78. The number of rotatable bonds is 4. The molecule has 0 saturated heterocycles. The molecule has 1 amide bonds. The number of carbonyl (C=O) groups is 1. The second-order valence-corrected chi connectivity index (χ2v) is 6.29. The average molecular weight is 297 g/mol. The molecule has 0 spiro atoms. The van der Waals surface area contributed by atoms with Gasteiger partial charge in [-0.25, -0.2) is 4.68 Å². The summed E-state index contributed by atoms with van der Waals surface area (Å²) in [4.78, 5) is 12.1. The number of aryl methyl sites for hydroxylation is 1.